The van der Waals surface area contributed by atoms with Gasteiger partial charge < -0.3 is 10.2 Å². The third kappa shape index (κ3) is 4.55. The van der Waals surface area contributed by atoms with Crippen molar-refractivity contribution < 1.29 is 9.18 Å². The first kappa shape index (κ1) is 21.1. The van der Waals surface area contributed by atoms with Crippen molar-refractivity contribution in [3.05, 3.63) is 42.5 Å². The Morgan fingerprint density at radius 2 is 2.00 bits per heavy atom. The number of likely N-dealkylation sites (tertiary alicyclic amines) is 1. The Hall–Kier alpha value is -3.80. The van der Waals surface area contributed by atoms with Gasteiger partial charge in [0.1, 0.15) is 18.2 Å². The van der Waals surface area contributed by atoms with Crippen LogP contribution in [0.15, 0.2) is 36.8 Å². The molecule has 11 nitrogen and oxygen atoms in total. The molecule has 1 N–H and O–H groups in total. The lowest BCUT2D eigenvalue weighted by Gasteiger charge is -2.30. The summed E-state index contributed by atoms with van der Waals surface area (Å²) in [5.41, 5.74) is 2.23. The van der Waals surface area contributed by atoms with E-state index in [0.717, 1.165) is 31.3 Å². The summed E-state index contributed by atoms with van der Waals surface area (Å²) in [6, 6.07) is 5.61. The fraction of sp³-hybridized carbons (Fsp3) is 0.381. The highest BCUT2D eigenvalue weighted by Gasteiger charge is 2.22. The second-order valence-electron chi connectivity index (χ2n) is 8.04. The average Bonchev–Trinajstić information content (AvgIpc) is 3.49. The molecule has 0 unspecified atom stereocenters. The Kier molecular flexibility index (Phi) is 5.73. The van der Waals surface area contributed by atoms with Gasteiger partial charge in [0, 0.05) is 44.3 Å². The zero-order valence-corrected chi connectivity index (χ0v) is 18.1. The van der Waals surface area contributed by atoms with E-state index in [1.54, 1.807) is 41.1 Å². The molecular formula is C21H23FN10O. The normalized spacial score (nSPS) is 15.2. The summed E-state index contributed by atoms with van der Waals surface area (Å²) in [5.74, 6) is -0.0292. The van der Waals surface area contributed by atoms with Gasteiger partial charge in [-0.15, -0.1) is 10.2 Å². The number of alkyl halides is 1. The van der Waals surface area contributed by atoms with Crippen molar-refractivity contribution >= 4 is 22.6 Å². The fourth-order valence-electron chi connectivity index (χ4n) is 3.96. The number of aromatic nitrogens is 8. The Bertz CT molecular complexity index is 1280. The largest absolute Gasteiger partial charge is 0.305 e. The number of piperidine rings is 1. The summed E-state index contributed by atoms with van der Waals surface area (Å²) in [6.45, 7) is 1.74. The molecule has 33 heavy (non-hydrogen) atoms. The monoisotopic (exact) mass is 450 g/mol. The standard InChI is InChI=1S/C21H23FN10O/c1-30-12-18(26-28-30)16-3-2-14-11-23-20(10-17(14)24-16)25-21(33)19-13-32(29-27-19)15-4-7-31(8-5-15)9-6-22/h2-3,10-13,15H,4-9H2,1H3,(H,23,25,33). The predicted molar refractivity (Wildman–Crippen MR) is 118 cm³/mol. The summed E-state index contributed by atoms with van der Waals surface area (Å²) in [4.78, 5) is 23.7. The number of nitrogens with one attached hydrogen (secondary N) is 1. The zero-order valence-electron chi connectivity index (χ0n) is 18.1. The summed E-state index contributed by atoms with van der Waals surface area (Å²) in [5, 5.41) is 19.8. The van der Waals surface area contributed by atoms with Gasteiger partial charge in [0.05, 0.1) is 29.6 Å². The van der Waals surface area contributed by atoms with Crippen LogP contribution in [0.5, 0.6) is 0 Å². The molecule has 0 spiro atoms. The van der Waals surface area contributed by atoms with E-state index < -0.39 is 5.91 Å². The topological polar surface area (TPSA) is 120 Å². The molecule has 0 aromatic carbocycles. The number of rotatable bonds is 6. The van der Waals surface area contributed by atoms with Gasteiger partial charge in [-0.1, -0.05) is 10.4 Å². The van der Waals surface area contributed by atoms with Crippen molar-refractivity contribution in [3.8, 4) is 11.4 Å². The number of anilines is 1. The van der Waals surface area contributed by atoms with Crippen LogP contribution in [0.2, 0.25) is 0 Å². The van der Waals surface area contributed by atoms with Crippen LogP contribution in [-0.4, -0.2) is 77.1 Å². The van der Waals surface area contributed by atoms with Gasteiger partial charge >= 0.3 is 0 Å². The van der Waals surface area contributed by atoms with E-state index in [-0.39, 0.29) is 18.4 Å². The lowest BCUT2D eigenvalue weighted by Crippen LogP contribution is -2.36. The van der Waals surface area contributed by atoms with E-state index in [4.69, 9.17) is 0 Å². The number of halogens is 1. The number of amides is 1. The van der Waals surface area contributed by atoms with Crippen LogP contribution in [0.1, 0.15) is 29.4 Å². The second-order valence-corrected chi connectivity index (χ2v) is 8.04. The Balaban J connectivity index is 1.28. The number of nitrogens with zero attached hydrogens (tertiary/aromatic N) is 9. The lowest BCUT2D eigenvalue weighted by atomic mass is 10.1. The highest BCUT2D eigenvalue weighted by Crippen LogP contribution is 2.23. The molecule has 12 heteroatoms. The second kappa shape index (κ2) is 8.98. The molecule has 4 aromatic rings. The van der Waals surface area contributed by atoms with Crippen LogP contribution < -0.4 is 5.32 Å². The van der Waals surface area contributed by atoms with Crippen molar-refractivity contribution in [1.82, 2.24) is 44.9 Å². The van der Waals surface area contributed by atoms with Gasteiger partial charge in [-0.3, -0.25) is 9.48 Å². The van der Waals surface area contributed by atoms with Gasteiger partial charge in [-0.25, -0.2) is 19.0 Å². The van der Waals surface area contributed by atoms with Crippen LogP contribution in [-0.2, 0) is 7.05 Å². The first-order chi connectivity index (χ1) is 16.1. The maximum absolute atomic E-state index is 12.7. The number of pyridine rings is 2. The first-order valence-electron chi connectivity index (χ1n) is 10.7. The number of hydrogen-bond acceptors (Lipinski definition) is 8. The Labute approximate surface area is 188 Å². The lowest BCUT2D eigenvalue weighted by molar-refractivity contribution is 0.102. The van der Waals surface area contributed by atoms with E-state index >= 15 is 0 Å². The van der Waals surface area contributed by atoms with Crippen molar-refractivity contribution in [2.75, 3.05) is 31.6 Å². The Morgan fingerprint density at radius 1 is 1.15 bits per heavy atom. The quantitative estimate of drug-likeness (QED) is 0.473. The van der Waals surface area contributed by atoms with E-state index in [1.165, 1.54) is 0 Å². The Morgan fingerprint density at radius 3 is 2.76 bits per heavy atom. The van der Waals surface area contributed by atoms with Gasteiger partial charge in [0.25, 0.3) is 5.91 Å². The van der Waals surface area contributed by atoms with Gasteiger partial charge in [0.15, 0.2) is 5.69 Å². The van der Waals surface area contributed by atoms with Crippen molar-refractivity contribution in [2.24, 2.45) is 7.05 Å². The molecule has 170 valence electrons. The molecule has 1 fully saturated rings. The van der Waals surface area contributed by atoms with Crippen molar-refractivity contribution in [3.63, 3.8) is 0 Å². The van der Waals surface area contributed by atoms with Crippen LogP contribution >= 0.6 is 0 Å². The molecule has 1 aliphatic heterocycles. The van der Waals surface area contributed by atoms with Crippen LogP contribution in [0.3, 0.4) is 0 Å². The molecule has 1 aliphatic rings. The molecule has 0 bridgehead atoms. The molecule has 0 saturated carbocycles. The zero-order chi connectivity index (χ0) is 22.8. The van der Waals surface area contributed by atoms with E-state index in [0.29, 0.717) is 29.3 Å². The molecule has 0 radical (unpaired) electrons. The average molecular weight is 450 g/mol. The van der Waals surface area contributed by atoms with Crippen LogP contribution in [0.25, 0.3) is 22.3 Å². The minimum atomic E-state index is -0.395. The third-order valence-electron chi connectivity index (χ3n) is 5.76. The molecular weight excluding hydrogens is 427 g/mol. The molecule has 4 aromatic heterocycles. The van der Waals surface area contributed by atoms with Crippen LogP contribution in [0.4, 0.5) is 10.2 Å². The van der Waals surface area contributed by atoms with E-state index in [9.17, 15) is 9.18 Å². The molecule has 0 atom stereocenters. The maximum atomic E-state index is 12.7. The molecule has 5 heterocycles. The minimum absolute atomic E-state index is 0.150. The minimum Gasteiger partial charge on any atom is -0.305 e. The molecule has 1 amide bonds. The fourth-order valence-corrected chi connectivity index (χ4v) is 3.96. The summed E-state index contributed by atoms with van der Waals surface area (Å²) < 4.78 is 15.9. The number of carbonyl (C=O) groups excluding carboxylic acids is 1. The van der Waals surface area contributed by atoms with Gasteiger partial charge in [0.2, 0.25) is 0 Å². The van der Waals surface area contributed by atoms with E-state index in [2.05, 4.69) is 40.8 Å². The summed E-state index contributed by atoms with van der Waals surface area (Å²) in [6.07, 6.45) is 6.77. The number of aryl methyl sites for hydroxylation is 1. The van der Waals surface area contributed by atoms with Crippen molar-refractivity contribution in [1.29, 1.82) is 0 Å². The molecule has 5 rings (SSSR count). The third-order valence-corrected chi connectivity index (χ3v) is 5.76. The summed E-state index contributed by atoms with van der Waals surface area (Å²) in [7, 11) is 1.79. The number of hydrogen-bond donors (Lipinski definition) is 1. The predicted octanol–water partition coefficient (Wildman–Crippen LogP) is 1.88. The van der Waals surface area contributed by atoms with E-state index in [1.807, 2.05) is 12.1 Å². The molecule has 1 saturated heterocycles. The maximum Gasteiger partial charge on any atom is 0.278 e. The van der Waals surface area contributed by atoms with Gasteiger partial charge in [-0.2, -0.15) is 0 Å². The highest BCUT2D eigenvalue weighted by molar-refractivity contribution is 6.02. The van der Waals surface area contributed by atoms with Gasteiger partial charge in [-0.05, 0) is 25.0 Å². The number of carbonyl (C=O) groups is 1. The van der Waals surface area contributed by atoms with Crippen LogP contribution in [0, 0.1) is 0 Å². The summed E-state index contributed by atoms with van der Waals surface area (Å²) >= 11 is 0. The smallest absolute Gasteiger partial charge is 0.278 e. The number of fused-ring (bicyclic) bond motifs is 1. The molecule has 0 aliphatic carbocycles. The first-order valence-corrected chi connectivity index (χ1v) is 10.7. The van der Waals surface area contributed by atoms with Crippen molar-refractivity contribution in [2.45, 2.75) is 18.9 Å². The highest BCUT2D eigenvalue weighted by atomic mass is 19.1. The SMILES string of the molecule is Cn1cc(-c2ccc3cnc(NC(=O)c4cn(C5CCN(CCF)CC5)nn4)cc3n2)nn1.